The summed E-state index contributed by atoms with van der Waals surface area (Å²) in [7, 11) is 1.83. The van der Waals surface area contributed by atoms with Gasteiger partial charge in [-0.05, 0) is 35.4 Å². The lowest BCUT2D eigenvalue weighted by atomic mass is 10.0. The third kappa shape index (κ3) is 4.75. The smallest absolute Gasteiger partial charge is 0.395 e. The number of hydrogen-bond donors (Lipinski definition) is 2. The summed E-state index contributed by atoms with van der Waals surface area (Å²) in [6.07, 6.45) is -4.15. The number of aromatic nitrogens is 2. The SMILES string of the molecule is Cn1c(Cc2cccc(C(F)(F)F)c2)nc2c(-c3cccc(C(=O)NCCO)c3)cccc21. The van der Waals surface area contributed by atoms with Gasteiger partial charge in [0, 0.05) is 31.1 Å². The number of fused-ring (bicyclic) bond motifs is 1. The number of hydrogen-bond acceptors (Lipinski definition) is 3. The second-order valence-electron chi connectivity index (χ2n) is 7.70. The van der Waals surface area contributed by atoms with Crippen LogP contribution in [0.4, 0.5) is 13.2 Å². The minimum Gasteiger partial charge on any atom is -0.395 e. The van der Waals surface area contributed by atoms with Crippen molar-refractivity contribution in [2.24, 2.45) is 7.05 Å². The van der Waals surface area contributed by atoms with Crippen LogP contribution >= 0.6 is 0 Å². The van der Waals surface area contributed by atoms with Crippen molar-refractivity contribution in [1.82, 2.24) is 14.9 Å². The highest BCUT2D eigenvalue weighted by Gasteiger charge is 2.30. The molecule has 2 N–H and O–H groups in total. The van der Waals surface area contributed by atoms with Gasteiger partial charge in [-0.25, -0.2) is 4.98 Å². The monoisotopic (exact) mass is 453 g/mol. The Morgan fingerprint density at radius 2 is 1.82 bits per heavy atom. The molecule has 0 aliphatic carbocycles. The molecular weight excluding hydrogens is 431 g/mol. The highest BCUT2D eigenvalue weighted by atomic mass is 19.4. The molecule has 0 radical (unpaired) electrons. The van der Waals surface area contributed by atoms with Crippen LogP contribution in [0.3, 0.4) is 0 Å². The lowest BCUT2D eigenvalue weighted by molar-refractivity contribution is -0.137. The Balaban J connectivity index is 1.71. The largest absolute Gasteiger partial charge is 0.416 e. The van der Waals surface area contributed by atoms with Gasteiger partial charge in [-0.3, -0.25) is 4.79 Å². The van der Waals surface area contributed by atoms with Gasteiger partial charge in [-0.15, -0.1) is 0 Å². The van der Waals surface area contributed by atoms with Gasteiger partial charge >= 0.3 is 6.18 Å². The Labute approximate surface area is 188 Å². The summed E-state index contributed by atoms with van der Waals surface area (Å²) in [6, 6.07) is 18.0. The van der Waals surface area contributed by atoms with E-state index in [1.54, 1.807) is 24.3 Å². The van der Waals surface area contributed by atoms with Crippen LogP contribution in [0.5, 0.6) is 0 Å². The summed E-state index contributed by atoms with van der Waals surface area (Å²) in [5.41, 5.74) is 3.44. The molecule has 0 bridgehead atoms. The number of amides is 1. The fraction of sp³-hybridized carbons (Fsp3) is 0.200. The second kappa shape index (κ2) is 9.07. The van der Waals surface area contributed by atoms with Gasteiger partial charge in [0.05, 0.1) is 23.2 Å². The lowest BCUT2D eigenvalue weighted by Gasteiger charge is -2.08. The summed E-state index contributed by atoms with van der Waals surface area (Å²) in [5, 5.41) is 11.6. The summed E-state index contributed by atoms with van der Waals surface area (Å²) in [6.45, 7) is 0.0190. The Bertz CT molecular complexity index is 1310. The zero-order valence-corrected chi connectivity index (χ0v) is 17.9. The molecule has 1 aromatic heterocycles. The van der Waals surface area contributed by atoms with E-state index in [9.17, 15) is 18.0 Å². The van der Waals surface area contributed by atoms with E-state index in [4.69, 9.17) is 10.1 Å². The summed E-state index contributed by atoms with van der Waals surface area (Å²) < 4.78 is 41.1. The van der Waals surface area contributed by atoms with Gasteiger partial charge in [0.2, 0.25) is 0 Å². The third-order valence-electron chi connectivity index (χ3n) is 5.45. The van der Waals surface area contributed by atoms with Crippen molar-refractivity contribution in [2.45, 2.75) is 12.6 Å². The quantitative estimate of drug-likeness (QED) is 0.449. The minimum absolute atomic E-state index is 0.146. The molecule has 33 heavy (non-hydrogen) atoms. The average molecular weight is 453 g/mol. The number of benzene rings is 3. The van der Waals surface area contributed by atoms with E-state index in [2.05, 4.69) is 5.32 Å². The molecule has 0 saturated heterocycles. The number of aliphatic hydroxyl groups is 1. The number of aryl methyl sites for hydroxylation is 1. The Hall–Kier alpha value is -3.65. The van der Waals surface area contributed by atoms with Crippen molar-refractivity contribution in [2.75, 3.05) is 13.2 Å². The van der Waals surface area contributed by atoms with Crippen LogP contribution in [-0.2, 0) is 19.6 Å². The van der Waals surface area contributed by atoms with Crippen LogP contribution in [0.15, 0.2) is 66.7 Å². The predicted molar refractivity (Wildman–Crippen MR) is 120 cm³/mol. The van der Waals surface area contributed by atoms with Gasteiger partial charge in [0.15, 0.2) is 0 Å². The molecule has 5 nitrogen and oxygen atoms in total. The molecule has 1 amide bonds. The van der Waals surface area contributed by atoms with Gasteiger partial charge in [0.1, 0.15) is 5.82 Å². The van der Waals surface area contributed by atoms with Crippen LogP contribution in [0.2, 0.25) is 0 Å². The Kier molecular flexibility index (Phi) is 6.20. The van der Waals surface area contributed by atoms with E-state index in [0.29, 0.717) is 22.5 Å². The lowest BCUT2D eigenvalue weighted by Crippen LogP contribution is -2.26. The molecule has 0 unspecified atom stereocenters. The Morgan fingerprint density at radius 3 is 2.58 bits per heavy atom. The van der Waals surface area contributed by atoms with E-state index in [-0.39, 0.29) is 25.5 Å². The highest BCUT2D eigenvalue weighted by molar-refractivity contribution is 5.98. The molecule has 170 valence electrons. The second-order valence-corrected chi connectivity index (χ2v) is 7.70. The number of carbonyl (C=O) groups excluding carboxylic acids is 1. The first-order valence-corrected chi connectivity index (χ1v) is 10.4. The van der Waals surface area contributed by atoms with Crippen molar-refractivity contribution in [1.29, 1.82) is 0 Å². The summed E-state index contributed by atoms with van der Waals surface area (Å²) in [5.74, 6) is 0.345. The van der Waals surface area contributed by atoms with Gasteiger partial charge in [0.25, 0.3) is 5.91 Å². The topological polar surface area (TPSA) is 67.2 Å². The molecule has 8 heteroatoms. The maximum atomic E-state index is 13.1. The number of carbonyl (C=O) groups is 1. The van der Waals surface area contributed by atoms with Crippen molar-refractivity contribution < 1.29 is 23.1 Å². The van der Waals surface area contributed by atoms with Gasteiger partial charge in [-0.2, -0.15) is 13.2 Å². The van der Waals surface area contributed by atoms with E-state index in [1.807, 2.05) is 35.9 Å². The van der Waals surface area contributed by atoms with E-state index < -0.39 is 11.7 Å². The number of aliphatic hydroxyl groups excluding tert-OH is 1. The molecule has 0 aliphatic rings. The first kappa shape index (κ1) is 22.5. The molecule has 0 spiro atoms. The molecule has 0 saturated carbocycles. The maximum absolute atomic E-state index is 13.1. The molecule has 0 fully saturated rings. The Morgan fingerprint density at radius 1 is 1.06 bits per heavy atom. The molecule has 1 heterocycles. The number of imidazole rings is 1. The van der Waals surface area contributed by atoms with Gasteiger partial charge in [-0.1, -0.05) is 42.5 Å². The molecular formula is C25H22F3N3O2. The van der Waals surface area contributed by atoms with E-state index in [1.165, 1.54) is 6.07 Å². The first-order chi connectivity index (χ1) is 15.8. The van der Waals surface area contributed by atoms with Crippen LogP contribution in [0, 0.1) is 0 Å². The molecule has 0 atom stereocenters. The van der Waals surface area contributed by atoms with Crippen molar-refractivity contribution >= 4 is 16.9 Å². The molecule has 3 aromatic carbocycles. The third-order valence-corrected chi connectivity index (χ3v) is 5.45. The zero-order chi connectivity index (χ0) is 23.6. The molecule has 0 aliphatic heterocycles. The normalized spacial score (nSPS) is 11.7. The van der Waals surface area contributed by atoms with Crippen LogP contribution in [-0.4, -0.2) is 33.7 Å². The minimum atomic E-state index is -4.40. The van der Waals surface area contributed by atoms with E-state index in [0.717, 1.165) is 28.8 Å². The van der Waals surface area contributed by atoms with Crippen molar-refractivity contribution in [3.05, 3.63) is 89.2 Å². The first-order valence-electron chi connectivity index (χ1n) is 10.4. The number of para-hydroxylation sites is 1. The zero-order valence-electron chi connectivity index (χ0n) is 17.9. The van der Waals surface area contributed by atoms with Crippen molar-refractivity contribution in [3.63, 3.8) is 0 Å². The van der Waals surface area contributed by atoms with Gasteiger partial charge < -0.3 is 15.0 Å². The fourth-order valence-corrected chi connectivity index (χ4v) is 3.79. The predicted octanol–water partition coefficient (Wildman–Crippen LogP) is 4.57. The number of nitrogens with one attached hydrogen (secondary N) is 1. The van der Waals surface area contributed by atoms with E-state index >= 15 is 0 Å². The number of halogens is 3. The van der Waals surface area contributed by atoms with Crippen LogP contribution in [0.1, 0.15) is 27.3 Å². The molecule has 4 aromatic rings. The fourth-order valence-electron chi connectivity index (χ4n) is 3.79. The number of alkyl halides is 3. The maximum Gasteiger partial charge on any atom is 0.416 e. The number of nitrogens with zero attached hydrogens (tertiary/aromatic N) is 2. The van der Waals surface area contributed by atoms with Crippen LogP contribution < -0.4 is 5.32 Å². The highest BCUT2D eigenvalue weighted by Crippen LogP contribution is 2.32. The summed E-state index contributed by atoms with van der Waals surface area (Å²) >= 11 is 0. The summed E-state index contributed by atoms with van der Waals surface area (Å²) in [4.78, 5) is 17.0. The molecule has 4 rings (SSSR count). The van der Waals surface area contributed by atoms with Crippen LogP contribution in [0.25, 0.3) is 22.2 Å². The number of rotatable bonds is 6. The average Bonchev–Trinajstić information content (AvgIpc) is 3.12. The van der Waals surface area contributed by atoms with Crippen molar-refractivity contribution in [3.8, 4) is 11.1 Å². The standard InChI is InChI=1S/C25H22F3N3O2/c1-31-21-10-4-9-20(17-6-3-7-18(15-17)24(33)29-11-12-32)23(21)30-22(31)14-16-5-2-8-19(13-16)25(26,27)28/h2-10,13,15,32H,11-12,14H2,1H3,(H,29,33).